The third-order valence-corrected chi connectivity index (χ3v) is 3.79. The van der Waals surface area contributed by atoms with Crippen molar-refractivity contribution in [3.63, 3.8) is 0 Å². The van der Waals surface area contributed by atoms with Crippen molar-refractivity contribution < 1.29 is 5.11 Å². The number of β-amino-alcohol motifs (C(OH)–C–C–N with tert-alkyl or cyclic N) is 1. The summed E-state index contributed by atoms with van der Waals surface area (Å²) in [4.78, 5) is 6.56. The standard InChI is InChI=1S/C14H16ClN3O/c1-14(2)17-11-12(18(14)7-8-19)9-5-3-4-6-10(9)16-13(11)15/h3-6,17,19H,7-8H2,1-2H3. The van der Waals surface area contributed by atoms with Crippen LogP contribution in [0.2, 0.25) is 5.15 Å². The second kappa shape index (κ2) is 4.25. The maximum atomic E-state index is 9.31. The average molecular weight is 278 g/mol. The molecule has 1 aromatic heterocycles. The Bertz CT molecular complexity index is 642. The molecule has 1 aliphatic rings. The van der Waals surface area contributed by atoms with Crippen molar-refractivity contribution in [3.05, 3.63) is 29.4 Å². The number of para-hydroxylation sites is 1. The number of aromatic nitrogens is 1. The molecule has 0 unspecified atom stereocenters. The van der Waals surface area contributed by atoms with Gasteiger partial charge in [0, 0.05) is 11.9 Å². The van der Waals surface area contributed by atoms with Crippen LogP contribution in [0.15, 0.2) is 24.3 Å². The van der Waals surface area contributed by atoms with Crippen molar-refractivity contribution >= 4 is 33.9 Å². The number of benzene rings is 1. The van der Waals surface area contributed by atoms with Gasteiger partial charge >= 0.3 is 0 Å². The molecule has 0 amide bonds. The minimum Gasteiger partial charge on any atom is -0.395 e. The van der Waals surface area contributed by atoms with Crippen molar-refractivity contribution in [2.75, 3.05) is 23.4 Å². The van der Waals surface area contributed by atoms with E-state index in [2.05, 4.69) is 29.0 Å². The van der Waals surface area contributed by atoms with Gasteiger partial charge in [-0.1, -0.05) is 29.8 Å². The molecule has 1 aliphatic heterocycles. The van der Waals surface area contributed by atoms with Crippen LogP contribution < -0.4 is 10.2 Å². The molecule has 0 fully saturated rings. The zero-order valence-electron chi connectivity index (χ0n) is 10.9. The van der Waals surface area contributed by atoms with Gasteiger partial charge in [0.1, 0.15) is 5.66 Å². The SMILES string of the molecule is CC1(C)Nc2c(Cl)nc3ccccc3c2N1CCO. The highest BCUT2D eigenvalue weighted by atomic mass is 35.5. The Morgan fingerprint density at radius 1 is 1.37 bits per heavy atom. The third kappa shape index (κ3) is 1.83. The van der Waals surface area contributed by atoms with E-state index < -0.39 is 0 Å². The summed E-state index contributed by atoms with van der Waals surface area (Å²) in [6.07, 6.45) is 0. The summed E-state index contributed by atoms with van der Waals surface area (Å²) in [5.41, 5.74) is 2.45. The van der Waals surface area contributed by atoms with Gasteiger partial charge in [0.25, 0.3) is 0 Å². The fourth-order valence-corrected chi connectivity index (χ4v) is 2.93. The predicted molar refractivity (Wildman–Crippen MR) is 78.9 cm³/mol. The van der Waals surface area contributed by atoms with Crippen molar-refractivity contribution in [2.24, 2.45) is 0 Å². The van der Waals surface area contributed by atoms with Crippen molar-refractivity contribution in [2.45, 2.75) is 19.5 Å². The Labute approximate surface area is 117 Å². The van der Waals surface area contributed by atoms with Gasteiger partial charge in [-0.25, -0.2) is 4.98 Å². The molecule has 0 radical (unpaired) electrons. The molecule has 2 heterocycles. The van der Waals surface area contributed by atoms with Crippen LogP contribution in [0.25, 0.3) is 10.9 Å². The van der Waals surface area contributed by atoms with Gasteiger partial charge in [0.15, 0.2) is 5.15 Å². The van der Waals surface area contributed by atoms with E-state index in [1.165, 1.54) is 0 Å². The maximum absolute atomic E-state index is 9.31. The molecule has 2 N–H and O–H groups in total. The summed E-state index contributed by atoms with van der Waals surface area (Å²) in [6.45, 7) is 4.78. The Morgan fingerprint density at radius 3 is 2.84 bits per heavy atom. The molecule has 0 saturated carbocycles. The first-order chi connectivity index (χ1) is 9.04. The van der Waals surface area contributed by atoms with Gasteiger partial charge < -0.3 is 15.3 Å². The number of fused-ring (bicyclic) bond motifs is 3. The third-order valence-electron chi connectivity index (χ3n) is 3.52. The Morgan fingerprint density at radius 2 is 2.11 bits per heavy atom. The van der Waals surface area contributed by atoms with Crippen LogP contribution in [0, 0.1) is 0 Å². The van der Waals surface area contributed by atoms with E-state index in [1.54, 1.807) is 0 Å². The normalized spacial score (nSPS) is 16.5. The van der Waals surface area contributed by atoms with E-state index in [0.717, 1.165) is 22.3 Å². The number of rotatable bonds is 2. The van der Waals surface area contributed by atoms with E-state index in [9.17, 15) is 5.11 Å². The largest absolute Gasteiger partial charge is 0.395 e. The lowest BCUT2D eigenvalue weighted by Gasteiger charge is -2.33. The van der Waals surface area contributed by atoms with E-state index in [4.69, 9.17) is 11.6 Å². The number of hydrogen-bond acceptors (Lipinski definition) is 4. The highest BCUT2D eigenvalue weighted by molar-refractivity contribution is 6.34. The maximum Gasteiger partial charge on any atom is 0.155 e. The lowest BCUT2D eigenvalue weighted by Crippen LogP contribution is -2.46. The fourth-order valence-electron chi connectivity index (χ4n) is 2.70. The summed E-state index contributed by atoms with van der Waals surface area (Å²) in [5.74, 6) is 0. The highest BCUT2D eigenvalue weighted by Crippen LogP contribution is 2.46. The van der Waals surface area contributed by atoms with Gasteiger partial charge in [0.05, 0.1) is 23.5 Å². The number of nitrogens with one attached hydrogen (secondary N) is 1. The molecule has 2 aromatic rings. The molecule has 19 heavy (non-hydrogen) atoms. The van der Waals surface area contributed by atoms with Crippen LogP contribution in [0.1, 0.15) is 13.8 Å². The van der Waals surface area contributed by atoms with Crippen LogP contribution in [-0.2, 0) is 0 Å². The summed E-state index contributed by atoms with van der Waals surface area (Å²) in [7, 11) is 0. The van der Waals surface area contributed by atoms with Crippen molar-refractivity contribution in [3.8, 4) is 0 Å². The van der Waals surface area contributed by atoms with E-state index in [-0.39, 0.29) is 12.3 Å². The lowest BCUT2D eigenvalue weighted by molar-refractivity contribution is 0.294. The molecule has 0 aliphatic carbocycles. The van der Waals surface area contributed by atoms with Gasteiger partial charge in [-0.05, 0) is 19.9 Å². The van der Waals surface area contributed by atoms with Gasteiger partial charge in [-0.3, -0.25) is 0 Å². The molecular formula is C14H16ClN3O. The molecule has 3 rings (SSSR count). The number of pyridine rings is 1. The number of aliphatic hydroxyl groups excluding tert-OH is 1. The molecule has 0 atom stereocenters. The van der Waals surface area contributed by atoms with Crippen LogP contribution in [0.4, 0.5) is 11.4 Å². The molecule has 0 saturated heterocycles. The Balaban J connectivity index is 2.31. The molecule has 5 heteroatoms. The molecular weight excluding hydrogens is 262 g/mol. The number of aliphatic hydroxyl groups is 1. The van der Waals surface area contributed by atoms with Crippen LogP contribution in [0.5, 0.6) is 0 Å². The smallest absolute Gasteiger partial charge is 0.155 e. The highest BCUT2D eigenvalue weighted by Gasteiger charge is 2.38. The van der Waals surface area contributed by atoms with Crippen molar-refractivity contribution in [1.82, 2.24) is 4.98 Å². The summed E-state index contributed by atoms with van der Waals surface area (Å²) in [5, 5.41) is 14.2. The first-order valence-corrected chi connectivity index (χ1v) is 6.67. The van der Waals surface area contributed by atoms with Crippen LogP contribution in [0.3, 0.4) is 0 Å². The summed E-state index contributed by atoms with van der Waals surface area (Å²) in [6, 6.07) is 7.91. The summed E-state index contributed by atoms with van der Waals surface area (Å²) < 4.78 is 0. The number of anilines is 2. The first-order valence-electron chi connectivity index (χ1n) is 6.29. The van der Waals surface area contributed by atoms with Crippen molar-refractivity contribution in [1.29, 1.82) is 0 Å². The molecule has 0 spiro atoms. The lowest BCUT2D eigenvalue weighted by atomic mass is 10.1. The molecule has 1 aromatic carbocycles. The number of halogens is 1. The zero-order valence-corrected chi connectivity index (χ0v) is 11.7. The minimum atomic E-state index is -0.291. The minimum absolute atomic E-state index is 0.0961. The zero-order chi connectivity index (χ0) is 13.6. The van der Waals surface area contributed by atoms with Gasteiger partial charge in [-0.15, -0.1) is 0 Å². The second-order valence-electron chi connectivity index (χ2n) is 5.20. The topological polar surface area (TPSA) is 48.4 Å². The summed E-state index contributed by atoms with van der Waals surface area (Å²) >= 11 is 6.28. The van der Waals surface area contributed by atoms with E-state index >= 15 is 0 Å². The van der Waals surface area contributed by atoms with Gasteiger partial charge in [-0.2, -0.15) is 0 Å². The van der Waals surface area contributed by atoms with E-state index in [0.29, 0.717) is 11.7 Å². The number of nitrogens with zero attached hydrogens (tertiary/aromatic N) is 2. The first kappa shape index (κ1) is 12.5. The quantitative estimate of drug-likeness (QED) is 0.829. The molecule has 100 valence electrons. The molecule has 4 nitrogen and oxygen atoms in total. The van der Waals surface area contributed by atoms with Crippen LogP contribution in [-0.4, -0.2) is 28.9 Å². The number of hydrogen-bond donors (Lipinski definition) is 2. The Hall–Kier alpha value is -1.52. The molecule has 0 bridgehead atoms. The Kier molecular flexibility index (Phi) is 2.80. The second-order valence-corrected chi connectivity index (χ2v) is 5.56. The average Bonchev–Trinajstić information content (AvgIpc) is 2.63. The van der Waals surface area contributed by atoms with Crippen LogP contribution >= 0.6 is 11.6 Å². The fraction of sp³-hybridized carbons (Fsp3) is 0.357. The van der Waals surface area contributed by atoms with E-state index in [1.807, 2.05) is 24.3 Å². The predicted octanol–water partition coefficient (Wildman–Crippen LogP) is 2.85. The monoisotopic (exact) mass is 277 g/mol. The van der Waals surface area contributed by atoms with Gasteiger partial charge in [0.2, 0.25) is 0 Å².